The van der Waals surface area contributed by atoms with Gasteiger partial charge in [0.2, 0.25) is 5.91 Å². The molecule has 1 atom stereocenters. The fraction of sp³-hybridized carbons (Fsp3) is 0.417. The van der Waals surface area contributed by atoms with Crippen molar-refractivity contribution in [1.82, 2.24) is 10.2 Å². The number of carbonyl (C=O) groups excluding carboxylic acids is 2. The van der Waals surface area contributed by atoms with Crippen molar-refractivity contribution >= 4 is 11.8 Å². The van der Waals surface area contributed by atoms with Gasteiger partial charge in [0.1, 0.15) is 17.6 Å². The number of carbonyl (C=O) groups is 2. The van der Waals surface area contributed by atoms with E-state index >= 15 is 0 Å². The van der Waals surface area contributed by atoms with Crippen molar-refractivity contribution in [1.29, 1.82) is 0 Å². The van der Waals surface area contributed by atoms with Gasteiger partial charge < -0.3 is 15.0 Å². The first-order chi connectivity index (χ1) is 14.2. The Labute approximate surface area is 178 Å². The van der Waals surface area contributed by atoms with Crippen LogP contribution >= 0.6 is 0 Å². The van der Waals surface area contributed by atoms with Gasteiger partial charge in [0.25, 0.3) is 5.91 Å². The summed E-state index contributed by atoms with van der Waals surface area (Å²) in [6, 6.07) is 11.0. The number of hydrogen-bond donors (Lipinski definition) is 1. The van der Waals surface area contributed by atoms with E-state index in [0.717, 1.165) is 16.7 Å². The summed E-state index contributed by atoms with van der Waals surface area (Å²) in [5, 5.41) is 2.87. The lowest BCUT2D eigenvalue weighted by Crippen LogP contribution is -2.49. The molecule has 0 saturated heterocycles. The van der Waals surface area contributed by atoms with E-state index in [1.807, 2.05) is 45.9 Å². The molecular formula is C24H31FN2O3. The molecule has 0 spiro atoms. The van der Waals surface area contributed by atoms with Gasteiger partial charge in [0.05, 0.1) is 0 Å². The first kappa shape index (κ1) is 23.4. The Balaban J connectivity index is 2.14. The molecule has 2 aromatic carbocycles. The zero-order chi connectivity index (χ0) is 22.3. The summed E-state index contributed by atoms with van der Waals surface area (Å²) in [6.45, 7) is 10.1. The van der Waals surface area contributed by atoms with Crippen LogP contribution in [0.5, 0.6) is 5.75 Å². The summed E-state index contributed by atoms with van der Waals surface area (Å²) in [5.74, 6) is 0.0172. The van der Waals surface area contributed by atoms with Crippen molar-refractivity contribution in [3.63, 3.8) is 0 Å². The largest absolute Gasteiger partial charge is 0.484 e. The monoisotopic (exact) mass is 414 g/mol. The quantitative estimate of drug-likeness (QED) is 0.674. The smallest absolute Gasteiger partial charge is 0.261 e. The topological polar surface area (TPSA) is 58.6 Å². The van der Waals surface area contributed by atoms with Crippen LogP contribution in [0.3, 0.4) is 0 Å². The predicted molar refractivity (Wildman–Crippen MR) is 116 cm³/mol. The van der Waals surface area contributed by atoms with E-state index in [-0.39, 0.29) is 30.8 Å². The van der Waals surface area contributed by atoms with Gasteiger partial charge in [-0.25, -0.2) is 4.39 Å². The number of nitrogens with zero attached hydrogens (tertiary/aromatic N) is 1. The van der Waals surface area contributed by atoms with Crippen molar-refractivity contribution in [3.05, 3.63) is 65.0 Å². The summed E-state index contributed by atoms with van der Waals surface area (Å²) in [7, 11) is 0. The van der Waals surface area contributed by atoms with Gasteiger partial charge in [-0.1, -0.05) is 32.0 Å². The normalized spacial score (nSPS) is 11.8. The minimum atomic E-state index is -0.691. The lowest BCUT2D eigenvalue weighted by atomic mass is 10.1. The van der Waals surface area contributed by atoms with Gasteiger partial charge in [0, 0.05) is 13.1 Å². The summed E-state index contributed by atoms with van der Waals surface area (Å²) >= 11 is 0. The van der Waals surface area contributed by atoms with Gasteiger partial charge in [-0.05, 0) is 67.6 Å². The molecule has 0 saturated carbocycles. The van der Waals surface area contributed by atoms with Crippen LogP contribution in [0.4, 0.5) is 4.39 Å². The highest BCUT2D eigenvalue weighted by molar-refractivity contribution is 5.87. The summed E-state index contributed by atoms with van der Waals surface area (Å²) in [4.78, 5) is 27.0. The van der Waals surface area contributed by atoms with Crippen molar-refractivity contribution in [2.75, 3.05) is 13.2 Å². The molecule has 0 bridgehead atoms. The molecule has 0 aromatic heterocycles. The van der Waals surface area contributed by atoms with E-state index in [1.165, 1.54) is 17.0 Å². The number of nitrogens with one attached hydrogen (secondary N) is 1. The Bertz CT molecular complexity index is 845. The maximum absolute atomic E-state index is 13.3. The number of amides is 2. The molecule has 5 nitrogen and oxygen atoms in total. The Kier molecular flexibility index (Phi) is 8.39. The number of hydrogen-bond acceptors (Lipinski definition) is 3. The van der Waals surface area contributed by atoms with Crippen LogP contribution in [-0.4, -0.2) is 35.9 Å². The van der Waals surface area contributed by atoms with E-state index in [9.17, 15) is 14.0 Å². The zero-order valence-electron chi connectivity index (χ0n) is 18.4. The van der Waals surface area contributed by atoms with Gasteiger partial charge in [0.15, 0.2) is 6.61 Å². The number of ether oxygens (including phenoxy) is 1. The van der Waals surface area contributed by atoms with Crippen molar-refractivity contribution in [2.24, 2.45) is 5.92 Å². The maximum atomic E-state index is 13.3. The second-order valence-electron chi connectivity index (χ2n) is 8.08. The average Bonchev–Trinajstić information content (AvgIpc) is 2.68. The molecule has 0 aliphatic rings. The van der Waals surface area contributed by atoms with Crippen LogP contribution in [0.2, 0.25) is 0 Å². The molecule has 0 heterocycles. The number of halogens is 1. The van der Waals surface area contributed by atoms with Crippen LogP contribution in [0.15, 0.2) is 42.5 Å². The second-order valence-corrected chi connectivity index (χ2v) is 8.08. The summed E-state index contributed by atoms with van der Waals surface area (Å²) in [5.41, 5.74) is 2.82. The van der Waals surface area contributed by atoms with E-state index in [4.69, 9.17) is 4.74 Å². The molecule has 2 amide bonds. The molecular weight excluding hydrogens is 383 g/mol. The molecule has 1 N–H and O–H groups in total. The molecule has 6 heteroatoms. The van der Waals surface area contributed by atoms with Crippen molar-refractivity contribution < 1.29 is 18.7 Å². The fourth-order valence-corrected chi connectivity index (χ4v) is 3.07. The van der Waals surface area contributed by atoms with Crippen LogP contribution in [0, 0.1) is 25.6 Å². The molecule has 30 heavy (non-hydrogen) atoms. The highest BCUT2D eigenvalue weighted by Crippen LogP contribution is 2.17. The lowest BCUT2D eigenvalue weighted by Gasteiger charge is -2.29. The zero-order valence-corrected chi connectivity index (χ0v) is 18.4. The maximum Gasteiger partial charge on any atom is 0.261 e. The van der Waals surface area contributed by atoms with E-state index in [0.29, 0.717) is 18.2 Å². The van der Waals surface area contributed by atoms with Crippen molar-refractivity contribution in [2.45, 2.75) is 47.2 Å². The standard InChI is InChI=1S/C24H31FN2O3/c1-16(2)13-26-24(29)19(5)27(14-20-6-8-21(25)9-7-20)23(28)15-30-22-11-17(3)10-18(4)12-22/h6-12,16,19H,13-15H2,1-5H3,(H,26,29). The SMILES string of the molecule is Cc1cc(C)cc(OCC(=O)N(Cc2ccc(F)cc2)C(C)C(=O)NCC(C)C)c1. The van der Waals surface area contributed by atoms with Gasteiger partial charge in [-0.3, -0.25) is 9.59 Å². The van der Waals surface area contributed by atoms with Gasteiger partial charge >= 0.3 is 0 Å². The first-order valence-electron chi connectivity index (χ1n) is 10.2. The molecule has 2 rings (SSSR count). The Morgan fingerprint density at radius 3 is 2.20 bits per heavy atom. The van der Waals surface area contributed by atoms with Crippen LogP contribution in [0.1, 0.15) is 37.5 Å². The minimum absolute atomic E-state index is 0.186. The highest BCUT2D eigenvalue weighted by atomic mass is 19.1. The number of rotatable bonds is 9. The van der Waals surface area contributed by atoms with Gasteiger partial charge in [-0.2, -0.15) is 0 Å². The Morgan fingerprint density at radius 2 is 1.63 bits per heavy atom. The summed E-state index contributed by atoms with van der Waals surface area (Å²) < 4.78 is 19.0. The lowest BCUT2D eigenvalue weighted by molar-refractivity contribution is -0.142. The Hall–Kier alpha value is -2.89. The molecule has 0 radical (unpaired) electrons. The number of benzene rings is 2. The molecule has 162 valence electrons. The number of aryl methyl sites for hydroxylation is 2. The Morgan fingerprint density at radius 1 is 1.03 bits per heavy atom. The molecule has 0 aliphatic heterocycles. The molecule has 0 fully saturated rings. The second kappa shape index (κ2) is 10.8. The minimum Gasteiger partial charge on any atom is -0.484 e. The third-order valence-electron chi connectivity index (χ3n) is 4.68. The highest BCUT2D eigenvalue weighted by Gasteiger charge is 2.26. The molecule has 1 unspecified atom stereocenters. The third kappa shape index (κ3) is 7.17. The van der Waals surface area contributed by atoms with E-state index in [1.54, 1.807) is 19.1 Å². The van der Waals surface area contributed by atoms with Crippen LogP contribution in [0.25, 0.3) is 0 Å². The average molecular weight is 415 g/mol. The fourth-order valence-electron chi connectivity index (χ4n) is 3.07. The van der Waals surface area contributed by atoms with Crippen LogP contribution in [-0.2, 0) is 16.1 Å². The van der Waals surface area contributed by atoms with Crippen LogP contribution < -0.4 is 10.1 Å². The predicted octanol–water partition coefficient (Wildman–Crippen LogP) is 4.01. The van der Waals surface area contributed by atoms with E-state index in [2.05, 4.69) is 5.32 Å². The van der Waals surface area contributed by atoms with Crippen molar-refractivity contribution in [3.8, 4) is 5.75 Å². The first-order valence-corrected chi connectivity index (χ1v) is 10.2. The molecule has 2 aromatic rings. The summed E-state index contributed by atoms with van der Waals surface area (Å²) in [6.07, 6.45) is 0. The molecule has 0 aliphatic carbocycles. The third-order valence-corrected chi connectivity index (χ3v) is 4.68. The van der Waals surface area contributed by atoms with E-state index < -0.39 is 6.04 Å². The van der Waals surface area contributed by atoms with Gasteiger partial charge in [-0.15, -0.1) is 0 Å².